The van der Waals surface area contributed by atoms with Gasteiger partial charge in [-0.3, -0.25) is 19.2 Å². The first kappa shape index (κ1) is 43.1. The number of hydrogen-bond donors (Lipinski definition) is 2. The van der Waals surface area contributed by atoms with E-state index in [4.69, 9.17) is 9.47 Å². The van der Waals surface area contributed by atoms with Crippen LogP contribution in [0, 0.1) is 9.81 Å². The molecular weight excluding hydrogens is 592 g/mol. The van der Waals surface area contributed by atoms with Crippen LogP contribution in [-0.4, -0.2) is 62.1 Å². The van der Waals surface area contributed by atoms with Crippen molar-refractivity contribution in [3.8, 4) is 0 Å². The van der Waals surface area contributed by atoms with Gasteiger partial charge in [0.05, 0.1) is 13.1 Å². The van der Waals surface area contributed by atoms with Gasteiger partial charge in [0.2, 0.25) is 12.2 Å². The molecule has 0 saturated heterocycles. The van der Waals surface area contributed by atoms with Crippen LogP contribution in [0.25, 0.3) is 0 Å². The third-order valence-electron chi connectivity index (χ3n) is 7.67. The molecule has 0 aromatic heterocycles. The molecule has 0 heterocycles. The van der Waals surface area contributed by atoms with Crippen LogP contribution in [0.5, 0.6) is 0 Å². The normalized spacial score (nSPS) is 12.1. The Hall–Kier alpha value is -2.92. The number of unbranched alkanes of at least 4 members (excludes halogenated alkanes) is 16. The minimum atomic E-state index is -1.57. The monoisotopic (exact) mass is 654 g/mol. The Morgan fingerprint density at radius 3 is 1.04 bits per heavy atom. The van der Waals surface area contributed by atoms with Gasteiger partial charge in [-0.2, -0.15) is 9.81 Å². The highest BCUT2D eigenvalue weighted by molar-refractivity contribution is 5.93. The molecule has 266 valence electrons. The molecule has 0 aliphatic rings. The molecular formula is C34H62N4O8. The summed E-state index contributed by atoms with van der Waals surface area (Å²) in [6.45, 7) is 5.19. The van der Waals surface area contributed by atoms with E-state index in [1.807, 2.05) is 13.8 Å². The SMILES string of the molecule is CCCNC(=O)[C@H](OC(=O)CCCCCCCCCCCN=O)[C@@H](OC(=O)CCCCCCCCCCCN=O)C(=O)NCCC. The minimum Gasteiger partial charge on any atom is -0.448 e. The third kappa shape index (κ3) is 25.3. The van der Waals surface area contributed by atoms with E-state index in [1.54, 1.807) is 0 Å². The summed E-state index contributed by atoms with van der Waals surface area (Å²) in [5.41, 5.74) is 0. The molecule has 0 saturated carbocycles. The summed E-state index contributed by atoms with van der Waals surface area (Å²) >= 11 is 0. The molecule has 0 aromatic carbocycles. The van der Waals surface area contributed by atoms with Crippen molar-refractivity contribution in [2.24, 2.45) is 10.4 Å². The molecule has 46 heavy (non-hydrogen) atoms. The Kier molecular flexibility index (Phi) is 30.0. The molecule has 2 N–H and O–H groups in total. The Morgan fingerprint density at radius 2 is 0.761 bits per heavy atom. The number of carbonyl (C=O) groups excluding carboxylic acids is 4. The molecule has 0 radical (unpaired) electrons. The van der Waals surface area contributed by atoms with Crippen molar-refractivity contribution >= 4 is 23.8 Å². The van der Waals surface area contributed by atoms with Gasteiger partial charge < -0.3 is 20.1 Å². The van der Waals surface area contributed by atoms with Crippen molar-refractivity contribution in [3.63, 3.8) is 0 Å². The van der Waals surface area contributed by atoms with Gasteiger partial charge in [-0.05, 0) is 38.5 Å². The van der Waals surface area contributed by atoms with E-state index in [9.17, 15) is 29.0 Å². The zero-order chi connectivity index (χ0) is 34.1. The van der Waals surface area contributed by atoms with E-state index in [1.165, 1.54) is 0 Å². The fraction of sp³-hybridized carbons (Fsp3) is 0.882. The topological polar surface area (TPSA) is 170 Å². The lowest BCUT2D eigenvalue weighted by Gasteiger charge is -2.25. The quantitative estimate of drug-likeness (QED) is 0.0425. The molecule has 0 unspecified atom stereocenters. The highest BCUT2D eigenvalue weighted by Gasteiger charge is 2.39. The minimum absolute atomic E-state index is 0.101. The second-order valence-electron chi connectivity index (χ2n) is 12.0. The highest BCUT2D eigenvalue weighted by atomic mass is 16.6. The number of amides is 2. The van der Waals surface area contributed by atoms with Gasteiger partial charge in [0, 0.05) is 25.9 Å². The van der Waals surface area contributed by atoms with Gasteiger partial charge in [-0.25, -0.2) is 0 Å². The predicted molar refractivity (Wildman–Crippen MR) is 180 cm³/mol. The molecule has 0 aliphatic heterocycles. The fourth-order valence-electron chi connectivity index (χ4n) is 4.97. The average Bonchev–Trinajstić information content (AvgIpc) is 3.05. The Balaban J connectivity index is 4.84. The second kappa shape index (κ2) is 32.0. The van der Waals surface area contributed by atoms with Gasteiger partial charge >= 0.3 is 11.9 Å². The van der Waals surface area contributed by atoms with E-state index in [-0.39, 0.29) is 12.8 Å². The molecule has 0 bridgehead atoms. The maximum atomic E-state index is 13.1. The number of hydrogen-bond acceptors (Lipinski definition) is 10. The van der Waals surface area contributed by atoms with Crippen molar-refractivity contribution in [1.82, 2.24) is 10.6 Å². The molecule has 0 rings (SSSR count). The van der Waals surface area contributed by atoms with Crippen LogP contribution in [0.3, 0.4) is 0 Å². The van der Waals surface area contributed by atoms with Crippen LogP contribution >= 0.6 is 0 Å². The lowest BCUT2D eigenvalue weighted by molar-refractivity contribution is -0.176. The van der Waals surface area contributed by atoms with E-state index in [0.717, 1.165) is 103 Å². The van der Waals surface area contributed by atoms with E-state index < -0.39 is 36.0 Å². The van der Waals surface area contributed by atoms with E-state index in [2.05, 4.69) is 21.0 Å². The number of nitrogens with one attached hydrogen (secondary N) is 2. The maximum Gasteiger partial charge on any atom is 0.306 e. The Bertz CT molecular complexity index is 761. The van der Waals surface area contributed by atoms with E-state index >= 15 is 0 Å². The Labute approximate surface area is 276 Å². The van der Waals surface area contributed by atoms with Crippen molar-refractivity contribution in [1.29, 1.82) is 0 Å². The Morgan fingerprint density at radius 1 is 0.478 bits per heavy atom. The lowest BCUT2D eigenvalue weighted by Crippen LogP contribution is -2.53. The number of ether oxygens (including phenoxy) is 2. The van der Waals surface area contributed by atoms with Crippen LogP contribution in [0.15, 0.2) is 10.4 Å². The highest BCUT2D eigenvalue weighted by Crippen LogP contribution is 2.15. The van der Waals surface area contributed by atoms with Crippen LogP contribution < -0.4 is 10.6 Å². The summed E-state index contributed by atoms with van der Waals surface area (Å²) < 4.78 is 11.1. The van der Waals surface area contributed by atoms with Crippen LogP contribution in [0.2, 0.25) is 0 Å². The smallest absolute Gasteiger partial charge is 0.306 e. The summed E-state index contributed by atoms with van der Waals surface area (Å²) in [5, 5.41) is 11.1. The summed E-state index contributed by atoms with van der Waals surface area (Å²) in [6, 6.07) is 0. The van der Waals surface area contributed by atoms with Crippen molar-refractivity contribution in [2.45, 2.75) is 167 Å². The van der Waals surface area contributed by atoms with Crippen molar-refractivity contribution in [3.05, 3.63) is 9.81 Å². The molecule has 0 aromatic rings. The first-order chi connectivity index (χ1) is 22.4. The number of carbonyl (C=O) groups is 4. The van der Waals surface area contributed by atoms with Crippen LogP contribution in [-0.2, 0) is 28.7 Å². The molecule has 0 fully saturated rings. The molecule has 12 nitrogen and oxygen atoms in total. The second-order valence-corrected chi connectivity index (χ2v) is 12.0. The number of nitrogens with zero attached hydrogens (tertiary/aromatic N) is 2. The summed E-state index contributed by atoms with van der Waals surface area (Å²) in [4.78, 5) is 71.9. The van der Waals surface area contributed by atoms with Crippen molar-refractivity contribution in [2.75, 3.05) is 26.2 Å². The number of esters is 2. The number of rotatable bonds is 33. The van der Waals surface area contributed by atoms with Crippen LogP contribution in [0.1, 0.15) is 155 Å². The standard InChI is InChI=1S/C34H62N4O8/c1-3-25-35-33(41)31(45-29(39)23-19-15-11-7-5-9-13-17-21-27-37-43)32(34(42)36-26-4-2)46-30(40)24-20-16-12-8-6-10-14-18-22-28-38-44/h31-32H,3-28H2,1-2H3,(H,35,41)(H,36,42)/t31-,32-/m1/s1. The van der Waals surface area contributed by atoms with Gasteiger partial charge in [-0.1, -0.05) is 114 Å². The fourth-order valence-corrected chi connectivity index (χ4v) is 4.97. The van der Waals surface area contributed by atoms with Crippen LogP contribution in [0.4, 0.5) is 0 Å². The first-order valence-electron chi connectivity index (χ1n) is 17.9. The zero-order valence-electron chi connectivity index (χ0n) is 28.7. The number of nitroso groups, excluding NO2 is 2. The largest absolute Gasteiger partial charge is 0.448 e. The third-order valence-corrected chi connectivity index (χ3v) is 7.67. The summed E-state index contributed by atoms with van der Waals surface area (Å²) in [6.07, 6.45) is 15.6. The molecule has 12 heteroatoms. The molecule has 2 amide bonds. The van der Waals surface area contributed by atoms with Crippen molar-refractivity contribution < 1.29 is 28.7 Å². The summed E-state index contributed by atoms with van der Waals surface area (Å²) in [7, 11) is 0. The van der Waals surface area contributed by atoms with Gasteiger partial charge in [0.1, 0.15) is 0 Å². The average molecular weight is 655 g/mol. The molecule has 0 spiro atoms. The van der Waals surface area contributed by atoms with Gasteiger partial charge in [0.25, 0.3) is 11.8 Å². The summed E-state index contributed by atoms with van der Waals surface area (Å²) in [5.74, 6) is -2.53. The first-order valence-corrected chi connectivity index (χ1v) is 17.9. The van der Waals surface area contributed by atoms with Gasteiger partial charge in [0.15, 0.2) is 0 Å². The molecule has 0 aliphatic carbocycles. The van der Waals surface area contributed by atoms with Gasteiger partial charge in [-0.15, -0.1) is 0 Å². The lowest BCUT2D eigenvalue weighted by atomic mass is 10.1. The predicted octanol–water partition coefficient (Wildman–Crippen LogP) is 7.20. The maximum absolute atomic E-state index is 13.1. The molecule has 2 atom stereocenters. The zero-order valence-corrected chi connectivity index (χ0v) is 28.7. The van der Waals surface area contributed by atoms with E-state index in [0.29, 0.717) is 51.9 Å².